The third-order valence-electron chi connectivity index (χ3n) is 7.97. The van der Waals surface area contributed by atoms with Gasteiger partial charge in [0.2, 0.25) is 5.91 Å². The van der Waals surface area contributed by atoms with Crippen molar-refractivity contribution in [3.63, 3.8) is 0 Å². The van der Waals surface area contributed by atoms with Crippen LogP contribution in [0.1, 0.15) is 58.6 Å². The molecule has 5 heteroatoms. The maximum Gasteiger partial charge on any atom is 0.255 e. The maximum atomic E-state index is 13.0. The Morgan fingerprint density at radius 2 is 1.91 bits per heavy atom. The number of piperidine rings is 2. The van der Waals surface area contributed by atoms with Crippen molar-refractivity contribution in [1.82, 2.24) is 15.1 Å². The quantitative estimate of drug-likeness (QED) is 0.807. The predicted octanol–water partition coefficient (Wildman–Crippen LogP) is 3.81. The fourth-order valence-corrected chi connectivity index (χ4v) is 6.37. The number of benzene rings is 2. The van der Waals surface area contributed by atoms with E-state index < -0.39 is 6.04 Å². The number of allylic oxidation sites excluding steroid dienone is 1. The molecule has 2 bridgehead atoms. The highest BCUT2D eigenvalue weighted by molar-refractivity contribution is 6.01. The normalized spacial score (nSPS) is 29.5. The van der Waals surface area contributed by atoms with Gasteiger partial charge in [-0.25, -0.2) is 0 Å². The third kappa shape index (κ3) is 3.27. The van der Waals surface area contributed by atoms with Crippen molar-refractivity contribution >= 4 is 11.8 Å². The van der Waals surface area contributed by atoms with E-state index in [-0.39, 0.29) is 11.8 Å². The first-order chi connectivity index (χ1) is 15.6. The molecular weight excluding hydrogens is 398 g/mol. The lowest BCUT2D eigenvalue weighted by Crippen LogP contribution is -2.49. The molecule has 2 aromatic carbocycles. The Morgan fingerprint density at radius 1 is 1.06 bits per heavy atom. The average molecular weight is 428 g/mol. The van der Waals surface area contributed by atoms with Crippen LogP contribution in [0.3, 0.4) is 0 Å². The summed E-state index contributed by atoms with van der Waals surface area (Å²) in [6, 6.07) is 17.4. The number of carbonyl (C=O) groups excluding carboxylic acids is 2. The highest BCUT2D eigenvalue weighted by Crippen LogP contribution is 2.48. The smallest absolute Gasteiger partial charge is 0.255 e. The second-order valence-electron chi connectivity index (χ2n) is 9.90. The molecule has 3 heterocycles. The predicted molar refractivity (Wildman–Crippen MR) is 123 cm³/mol. The summed E-state index contributed by atoms with van der Waals surface area (Å²) in [5.74, 6) is 1.14. The number of amides is 2. The minimum absolute atomic E-state index is 0.0128. The zero-order valence-electron chi connectivity index (χ0n) is 18.3. The van der Waals surface area contributed by atoms with E-state index in [2.05, 4.69) is 59.3 Å². The monoisotopic (exact) mass is 427 g/mol. The lowest BCUT2D eigenvalue weighted by molar-refractivity contribution is -0.126. The van der Waals surface area contributed by atoms with Crippen LogP contribution in [0.25, 0.3) is 0 Å². The molecule has 2 aromatic rings. The van der Waals surface area contributed by atoms with Crippen molar-refractivity contribution in [2.45, 2.75) is 56.8 Å². The molecule has 0 aromatic heterocycles. The summed E-state index contributed by atoms with van der Waals surface area (Å²) < 4.78 is 0. The van der Waals surface area contributed by atoms with E-state index in [4.69, 9.17) is 0 Å². The lowest BCUT2D eigenvalue weighted by Gasteiger charge is -2.32. The molecule has 164 valence electrons. The second-order valence-corrected chi connectivity index (χ2v) is 9.90. The molecule has 0 radical (unpaired) electrons. The van der Waals surface area contributed by atoms with Crippen molar-refractivity contribution in [3.05, 3.63) is 83.1 Å². The first-order valence-corrected chi connectivity index (χ1v) is 11.8. The van der Waals surface area contributed by atoms with Crippen molar-refractivity contribution in [1.29, 1.82) is 0 Å². The summed E-state index contributed by atoms with van der Waals surface area (Å²) in [6.07, 6.45) is 3.85. The molecular formula is C27H29N3O2. The van der Waals surface area contributed by atoms with E-state index in [1.165, 1.54) is 24.0 Å². The van der Waals surface area contributed by atoms with Gasteiger partial charge >= 0.3 is 0 Å². The molecule has 4 aliphatic rings. The maximum absolute atomic E-state index is 13.0. The fraction of sp³-hybridized carbons (Fsp3) is 0.407. The number of likely N-dealkylation sites (tertiary alicyclic amines) is 1. The van der Waals surface area contributed by atoms with Crippen LogP contribution in [-0.2, 0) is 17.9 Å². The number of nitrogens with one attached hydrogen (secondary N) is 1. The third-order valence-corrected chi connectivity index (χ3v) is 7.97. The minimum atomic E-state index is -0.391. The summed E-state index contributed by atoms with van der Waals surface area (Å²) in [4.78, 5) is 29.9. The van der Waals surface area contributed by atoms with E-state index in [0.717, 1.165) is 36.3 Å². The number of nitrogens with zero attached hydrogens (tertiary/aromatic N) is 2. The van der Waals surface area contributed by atoms with Crippen LogP contribution in [-0.4, -0.2) is 40.2 Å². The Morgan fingerprint density at radius 3 is 2.66 bits per heavy atom. The standard InChI is InChI=1S/C27H29N3O2/c1-17-7-10-25(26(31)28-17)30-16-20-11-19(8-9-23(20)27(30)32)24-13-22-12-21(24)15-29(22)14-18-5-3-2-4-6-18/h2-6,8-9,11,21-22,24-25H,1,7,10,12-16H2,(H,28,31)/t21-,22-,24?,25?/m1/s1. The zero-order chi connectivity index (χ0) is 21.8. The van der Waals surface area contributed by atoms with Crippen molar-refractivity contribution in [3.8, 4) is 0 Å². The Bertz CT molecular complexity index is 1100. The Hall–Kier alpha value is -2.92. The molecule has 1 saturated carbocycles. The highest BCUT2D eigenvalue weighted by atomic mass is 16.2. The molecule has 2 saturated heterocycles. The number of rotatable bonds is 4. The van der Waals surface area contributed by atoms with Gasteiger partial charge in [-0.15, -0.1) is 0 Å². The summed E-state index contributed by atoms with van der Waals surface area (Å²) in [5, 5.41) is 2.82. The van der Waals surface area contributed by atoms with Gasteiger partial charge in [-0.05, 0) is 60.3 Å². The van der Waals surface area contributed by atoms with Gasteiger partial charge in [0.15, 0.2) is 0 Å². The van der Waals surface area contributed by atoms with Gasteiger partial charge in [0, 0.05) is 36.9 Å². The van der Waals surface area contributed by atoms with Crippen molar-refractivity contribution < 1.29 is 9.59 Å². The Balaban J connectivity index is 1.16. The topological polar surface area (TPSA) is 52.7 Å². The van der Waals surface area contributed by atoms with Gasteiger partial charge in [-0.3, -0.25) is 14.5 Å². The molecule has 32 heavy (non-hydrogen) atoms. The Labute approximate surface area is 189 Å². The summed E-state index contributed by atoms with van der Waals surface area (Å²) in [5.41, 5.74) is 5.35. The van der Waals surface area contributed by atoms with Crippen molar-refractivity contribution in [2.24, 2.45) is 5.92 Å². The number of fused-ring (bicyclic) bond motifs is 3. The van der Waals surface area contributed by atoms with Crippen LogP contribution in [0.15, 0.2) is 60.8 Å². The second kappa shape index (κ2) is 7.59. The molecule has 3 fully saturated rings. The zero-order valence-corrected chi connectivity index (χ0v) is 18.3. The number of carbonyl (C=O) groups is 2. The number of hydrogen-bond donors (Lipinski definition) is 1. The molecule has 6 rings (SSSR count). The van der Waals surface area contributed by atoms with E-state index in [9.17, 15) is 9.59 Å². The van der Waals surface area contributed by atoms with Gasteiger partial charge < -0.3 is 10.2 Å². The molecule has 2 amide bonds. The van der Waals surface area contributed by atoms with Gasteiger partial charge in [0.05, 0.1) is 0 Å². The molecule has 0 spiro atoms. The summed E-state index contributed by atoms with van der Waals surface area (Å²) >= 11 is 0. The number of hydrogen-bond acceptors (Lipinski definition) is 3. The molecule has 1 aliphatic carbocycles. The highest BCUT2D eigenvalue weighted by Gasteiger charge is 2.45. The van der Waals surface area contributed by atoms with Gasteiger partial charge in [-0.2, -0.15) is 0 Å². The van der Waals surface area contributed by atoms with E-state index in [1.54, 1.807) is 4.90 Å². The van der Waals surface area contributed by atoms with Crippen LogP contribution in [0.2, 0.25) is 0 Å². The average Bonchev–Trinajstić information content (AvgIpc) is 3.47. The minimum Gasteiger partial charge on any atom is -0.329 e. The van der Waals surface area contributed by atoms with Crippen LogP contribution < -0.4 is 5.32 Å². The van der Waals surface area contributed by atoms with Gasteiger partial charge in [0.1, 0.15) is 6.04 Å². The molecule has 3 aliphatic heterocycles. The van der Waals surface area contributed by atoms with E-state index in [1.807, 2.05) is 6.07 Å². The molecule has 4 atom stereocenters. The molecule has 5 nitrogen and oxygen atoms in total. The van der Waals surface area contributed by atoms with Crippen LogP contribution in [0.5, 0.6) is 0 Å². The van der Waals surface area contributed by atoms with Crippen molar-refractivity contribution in [2.75, 3.05) is 6.54 Å². The van der Waals surface area contributed by atoms with E-state index >= 15 is 0 Å². The van der Waals surface area contributed by atoms with Crippen LogP contribution >= 0.6 is 0 Å². The fourth-order valence-electron chi connectivity index (χ4n) is 6.37. The lowest BCUT2D eigenvalue weighted by atomic mass is 9.86. The summed E-state index contributed by atoms with van der Waals surface area (Å²) in [7, 11) is 0. The van der Waals surface area contributed by atoms with Gasteiger partial charge in [0.25, 0.3) is 5.91 Å². The van der Waals surface area contributed by atoms with E-state index in [0.29, 0.717) is 30.8 Å². The van der Waals surface area contributed by atoms with Crippen LogP contribution in [0.4, 0.5) is 0 Å². The molecule has 1 N–H and O–H groups in total. The molecule has 2 unspecified atom stereocenters. The first kappa shape index (κ1) is 19.7. The summed E-state index contributed by atoms with van der Waals surface area (Å²) in [6.45, 7) is 6.57. The van der Waals surface area contributed by atoms with Crippen LogP contribution in [0, 0.1) is 5.92 Å². The Kier molecular flexibility index (Phi) is 4.68. The first-order valence-electron chi connectivity index (χ1n) is 11.8. The largest absolute Gasteiger partial charge is 0.329 e. The SMILES string of the molecule is C=C1CCC(N2Cc3cc(C4C[C@H]5C[C@@H]4CN5Cc4ccccc4)ccc3C2=O)C(=O)N1. The van der Waals surface area contributed by atoms with Gasteiger partial charge in [-0.1, -0.05) is 49.0 Å².